The maximum Gasteiger partial charge on any atom is 0.163 e. The fourth-order valence-electron chi connectivity index (χ4n) is 2.74. The van der Waals surface area contributed by atoms with Gasteiger partial charge in [0.15, 0.2) is 5.65 Å². The highest BCUT2D eigenvalue weighted by Crippen LogP contribution is 2.25. The minimum absolute atomic E-state index is 0.0209. The van der Waals surface area contributed by atoms with Gasteiger partial charge < -0.3 is 15.4 Å². The number of anilines is 2. The molecule has 1 aromatic carbocycles. The number of nitrogens with zero attached hydrogens (tertiary/aromatic N) is 4. The summed E-state index contributed by atoms with van der Waals surface area (Å²) < 4.78 is 1.67. The molecule has 7 nitrogen and oxygen atoms in total. The molecule has 0 saturated heterocycles. The van der Waals surface area contributed by atoms with Crippen LogP contribution in [-0.4, -0.2) is 36.4 Å². The van der Waals surface area contributed by atoms with E-state index >= 15 is 0 Å². The quantitative estimate of drug-likeness (QED) is 0.538. The van der Waals surface area contributed by atoms with Crippen molar-refractivity contribution in [3.63, 3.8) is 0 Å². The molecule has 3 N–H and O–H groups in total. The Morgan fingerprint density at radius 1 is 1.26 bits per heavy atom. The zero-order valence-electron chi connectivity index (χ0n) is 12.6. The SMILES string of the molecule is Cc1cc2cc(Nc3ncnc4c3cnn4CCO)ccc2[nH]1. The van der Waals surface area contributed by atoms with Crippen molar-refractivity contribution in [2.45, 2.75) is 13.5 Å². The first kappa shape index (κ1) is 13.7. The maximum atomic E-state index is 9.08. The van der Waals surface area contributed by atoms with Gasteiger partial charge in [0.1, 0.15) is 12.1 Å². The van der Waals surface area contributed by atoms with Crippen molar-refractivity contribution in [2.24, 2.45) is 0 Å². The van der Waals surface area contributed by atoms with Gasteiger partial charge in [0.05, 0.1) is 24.7 Å². The van der Waals surface area contributed by atoms with Crippen LogP contribution in [0.4, 0.5) is 11.5 Å². The molecule has 0 aliphatic heterocycles. The van der Waals surface area contributed by atoms with E-state index in [9.17, 15) is 0 Å². The molecule has 0 aliphatic rings. The van der Waals surface area contributed by atoms with Crippen molar-refractivity contribution in [3.05, 3.63) is 42.5 Å². The molecule has 0 saturated carbocycles. The highest BCUT2D eigenvalue weighted by Gasteiger charge is 2.10. The van der Waals surface area contributed by atoms with E-state index in [1.165, 1.54) is 6.33 Å². The molecule has 116 valence electrons. The lowest BCUT2D eigenvalue weighted by molar-refractivity contribution is 0.271. The lowest BCUT2D eigenvalue weighted by Gasteiger charge is -2.07. The normalized spacial score (nSPS) is 11.4. The third-order valence-electron chi connectivity index (χ3n) is 3.76. The summed E-state index contributed by atoms with van der Waals surface area (Å²) >= 11 is 0. The number of aromatic nitrogens is 5. The van der Waals surface area contributed by atoms with Gasteiger partial charge in [-0.3, -0.25) is 0 Å². The summed E-state index contributed by atoms with van der Waals surface area (Å²) in [6.07, 6.45) is 3.21. The molecule has 0 bridgehead atoms. The van der Waals surface area contributed by atoms with Crippen molar-refractivity contribution in [3.8, 4) is 0 Å². The number of aromatic amines is 1. The molecule has 0 aliphatic carbocycles. The Labute approximate surface area is 132 Å². The smallest absolute Gasteiger partial charge is 0.163 e. The number of hydrogen-bond donors (Lipinski definition) is 3. The molecule has 0 unspecified atom stereocenters. The van der Waals surface area contributed by atoms with E-state index in [1.54, 1.807) is 10.9 Å². The number of aliphatic hydroxyl groups is 1. The lowest BCUT2D eigenvalue weighted by atomic mass is 10.2. The first-order valence-corrected chi connectivity index (χ1v) is 7.38. The summed E-state index contributed by atoms with van der Waals surface area (Å²) in [5.41, 5.74) is 3.89. The number of aryl methyl sites for hydroxylation is 1. The maximum absolute atomic E-state index is 9.08. The van der Waals surface area contributed by atoms with Crippen LogP contribution in [0.5, 0.6) is 0 Å². The van der Waals surface area contributed by atoms with Gasteiger partial charge in [0, 0.05) is 22.3 Å². The summed E-state index contributed by atoms with van der Waals surface area (Å²) in [6, 6.07) is 8.23. The molecule has 23 heavy (non-hydrogen) atoms. The molecule has 4 aromatic rings. The van der Waals surface area contributed by atoms with Crippen molar-refractivity contribution in [1.82, 2.24) is 24.7 Å². The Kier molecular flexibility index (Phi) is 3.20. The van der Waals surface area contributed by atoms with Crippen molar-refractivity contribution in [2.75, 3.05) is 11.9 Å². The van der Waals surface area contributed by atoms with Crippen LogP contribution in [0.15, 0.2) is 36.8 Å². The molecule has 0 radical (unpaired) electrons. The lowest BCUT2D eigenvalue weighted by Crippen LogP contribution is -2.04. The predicted octanol–water partition coefficient (Wildman–Crippen LogP) is 2.35. The first-order valence-electron chi connectivity index (χ1n) is 7.38. The first-order chi connectivity index (χ1) is 11.2. The molecule has 0 fully saturated rings. The monoisotopic (exact) mass is 308 g/mol. The summed E-state index contributed by atoms with van der Waals surface area (Å²) in [5, 5.41) is 18.6. The van der Waals surface area contributed by atoms with Gasteiger partial charge in [-0.2, -0.15) is 5.10 Å². The highest BCUT2D eigenvalue weighted by atomic mass is 16.3. The summed E-state index contributed by atoms with van der Waals surface area (Å²) in [5.74, 6) is 0.700. The summed E-state index contributed by atoms with van der Waals surface area (Å²) in [4.78, 5) is 11.9. The van der Waals surface area contributed by atoms with Gasteiger partial charge in [-0.05, 0) is 31.2 Å². The zero-order valence-corrected chi connectivity index (χ0v) is 12.6. The Balaban J connectivity index is 1.73. The number of H-pyrrole nitrogens is 1. The molecule has 7 heteroatoms. The molecular weight excluding hydrogens is 292 g/mol. The van der Waals surface area contributed by atoms with Crippen LogP contribution < -0.4 is 5.32 Å². The Hall–Kier alpha value is -2.93. The van der Waals surface area contributed by atoms with Gasteiger partial charge in [0.2, 0.25) is 0 Å². The fraction of sp³-hybridized carbons (Fsp3) is 0.188. The van der Waals surface area contributed by atoms with Crippen LogP contribution in [-0.2, 0) is 6.54 Å². The average Bonchev–Trinajstić information content (AvgIpc) is 3.11. The Bertz CT molecular complexity index is 987. The Morgan fingerprint density at radius 2 is 2.17 bits per heavy atom. The molecule has 0 amide bonds. The zero-order chi connectivity index (χ0) is 15.8. The molecule has 0 atom stereocenters. The van der Waals surface area contributed by atoms with Crippen LogP contribution >= 0.6 is 0 Å². The van der Waals surface area contributed by atoms with Gasteiger partial charge in [-0.25, -0.2) is 14.6 Å². The van der Waals surface area contributed by atoms with Crippen LogP contribution in [0.3, 0.4) is 0 Å². The largest absolute Gasteiger partial charge is 0.394 e. The Morgan fingerprint density at radius 3 is 3.04 bits per heavy atom. The average molecular weight is 308 g/mol. The minimum Gasteiger partial charge on any atom is -0.394 e. The van der Waals surface area contributed by atoms with Crippen molar-refractivity contribution < 1.29 is 5.11 Å². The van der Waals surface area contributed by atoms with Gasteiger partial charge in [-0.15, -0.1) is 0 Å². The van der Waals surface area contributed by atoms with E-state index in [-0.39, 0.29) is 6.61 Å². The third kappa shape index (κ3) is 2.40. The fourth-order valence-corrected chi connectivity index (χ4v) is 2.74. The molecular formula is C16H16N6O. The summed E-state index contributed by atoms with van der Waals surface area (Å²) in [7, 11) is 0. The second-order valence-electron chi connectivity index (χ2n) is 5.43. The standard InChI is InChI=1S/C16H16N6O/c1-10-6-11-7-12(2-3-14(11)20-10)21-15-13-8-19-22(4-5-23)16(13)18-9-17-15/h2-3,6-9,20,23H,4-5H2,1H3,(H,17,18,21). The number of fused-ring (bicyclic) bond motifs is 2. The summed E-state index contributed by atoms with van der Waals surface area (Å²) in [6.45, 7) is 2.47. The number of nitrogens with one attached hydrogen (secondary N) is 2. The highest BCUT2D eigenvalue weighted by molar-refractivity contribution is 5.90. The van der Waals surface area contributed by atoms with E-state index < -0.39 is 0 Å². The van der Waals surface area contributed by atoms with E-state index in [0.717, 1.165) is 27.7 Å². The van der Waals surface area contributed by atoms with Crippen LogP contribution in [0.2, 0.25) is 0 Å². The minimum atomic E-state index is 0.0209. The van der Waals surface area contributed by atoms with Crippen LogP contribution in [0.1, 0.15) is 5.69 Å². The third-order valence-corrected chi connectivity index (χ3v) is 3.76. The van der Waals surface area contributed by atoms with E-state index in [2.05, 4.69) is 37.5 Å². The van der Waals surface area contributed by atoms with Gasteiger partial charge in [-0.1, -0.05) is 0 Å². The number of aliphatic hydroxyl groups excluding tert-OH is 1. The second kappa shape index (κ2) is 5.36. The molecule has 0 spiro atoms. The van der Waals surface area contributed by atoms with E-state index in [0.29, 0.717) is 18.0 Å². The van der Waals surface area contributed by atoms with Crippen molar-refractivity contribution >= 4 is 33.4 Å². The van der Waals surface area contributed by atoms with Gasteiger partial charge >= 0.3 is 0 Å². The number of benzene rings is 1. The van der Waals surface area contributed by atoms with Crippen LogP contribution in [0, 0.1) is 6.92 Å². The topological polar surface area (TPSA) is 91.7 Å². The number of hydrogen-bond acceptors (Lipinski definition) is 5. The number of rotatable bonds is 4. The van der Waals surface area contributed by atoms with E-state index in [4.69, 9.17) is 5.11 Å². The van der Waals surface area contributed by atoms with Gasteiger partial charge in [0.25, 0.3) is 0 Å². The van der Waals surface area contributed by atoms with Crippen molar-refractivity contribution in [1.29, 1.82) is 0 Å². The molecule has 3 heterocycles. The molecule has 3 aromatic heterocycles. The van der Waals surface area contributed by atoms with E-state index in [1.807, 2.05) is 19.1 Å². The molecule has 4 rings (SSSR count). The second-order valence-corrected chi connectivity index (χ2v) is 5.43. The van der Waals surface area contributed by atoms with Crippen LogP contribution in [0.25, 0.3) is 21.9 Å². The predicted molar refractivity (Wildman–Crippen MR) is 88.7 cm³/mol.